The second-order valence-electron chi connectivity index (χ2n) is 0.697. The van der Waals surface area contributed by atoms with E-state index in [0.29, 0.717) is 6.42 Å². The Hall–Kier alpha value is 0.500. The number of halogens is 2. The third-order valence-electron chi connectivity index (χ3n) is 0.256. The molecule has 0 N–H and O–H groups in total. The fraction of sp³-hybridized carbons (Fsp3) is 0.667. The monoisotopic (exact) mass is 159 g/mol. The molecule has 0 saturated carbocycles. The van der Waals surface area contributed by atoms with Crippen LogP contribution < -0.4 is 0 Å². The van der Waals surface area contributed by atoms with Gasteiger partial charge in [0, 0.05) is 6.42 Å². The molecule has 0 aromatic rings. The van der Waals surface area contributed by atoms with Crippen LogP contribution in [0.3, 0.4) is 0 Å². The summed E-state index contributed by atoms with van der Waals surface area (Å²) in [6.07, 6.45) is 1.56. The number of rotatable bonds is 1. The summed E-state index contributed by atoms with van der Waals surface area (Å²) in [4.78, 5) is 0. The fourth-order valence-electron chi connectivity index (χ4n) is 0.0645. The van der Waals surface area contributed by atoms with Gasteiger partial charge in [-0.3, -0.25) is 0 Å². The van der Waals surface area contributed by atoms with E-state index in [1.165, 1.54) is 0 Å². The summed E-state index contributed by atoms with van der Waals surface area (Å²) in [5.74, 6) is 0. The first-order valence-corrected chi connectivity index (χ1v) is 2.30. The molecule has 1 unspecified atom stereocenters. The molecule has 0 amide bonds. The summed E-state index contributed by atoms with van der Waals surface area (Å²) in [6.45, 7) is 0. The Bertz CT molecular complexity index is 51.4. The van der Waals surface area contributed by atoms with Crippen molar-refractivity contribution in [2.24, 2.45) is 0 Å². The van der Waals surface area contributed by atoms with Crippen LogP contribution in [-0.4, -0.2) is 6.16 Å². The maximum Gasteiger partial charge on any atom is 0.0625 e. The Kier molecular flexibility index (Phi) is 35.9. The lowest BCUT2D eigenvalue weighted by molar-refractivity contribution is 1.24. The lowest BCUT2D eigenvalue weighted by atomic mass is 10.6. The van der Waals surface area contributed by atoms with Gasteiger partial charge in [-0.1, -0.05) is 0 Å². The Morgan fingerprint density at radius 2 is 1.86 bits per heavy atom. The van der Waals surface area contributed by atoms with E-state index >= 15 is 0 Å². The SMILES string of the molecule is Cl.Cl.N#CCCP. The van der Waals surface area contributed by atoms with E-state index in [1.807, 2.05) is 6.07 Å². The van der Waals surface area contributed by atoms with E-state index in [1.54, 1.807) is 0 Å². The molecule has 0 aromatic heterocycles. The first-order chi connectivity index (χ1) is 2.41. The van der Waals surface area contributed by atoms with Gasteiger partial charge in [0.1, 0.15) is 0 Å². The molecule has 0 heterocycles. The lowest BCUT2D eigenvalue weighted by Crippen LogP contribution is -1.59. The summed E-state index contributed by atoms with van der Waals surface area (Å²) in [6, 6.07) is 2.00. The molecule has 4 heteroatoms. The van der Waals surface area contributed by atoms with Crippen molar-refractivity contribution in [1.29, 1.82) is 5.26 Å². The van der Waals surface area contributed by atoms with Crippen LogP contribution in [-0.2, 0) is 0 Å². The molecule has 1 nitrogen and oxygen atoms in total. The van der Waals surface area contributed by atoms with Gasteiger partial charge in [-0.2, -0.15) is 5.26 Å². The number of hydrogen-bond acceptors (Lipinski definition) is 1. The minimum absolute atomic E-state index is 0. The molecule has 44 valence electrons. The fourth-order valence-corrected chi connectivity index (χ4v) is 0.194. The van der Waals surface area contributed by atoms with Crippen molar-refractivity contribution in [3.8, 4) is 6.07 Å². The van der Waals surface area contributed by atoms with Gasteiger partial charge in [0.25, 0.3) is 0 Å². The van der Waals surface area contributed by atoms with Crippen LogP contribution in [0.15, 0.2) is 0 Å². The molecule has 0 aliphatic heterocycles. The zero-order valence-corrected chi connectivity index (χ0v) is 6.54. The third-order valence-corrected chi connectivity index (χ3v) is 0.545. The zero-order valence-electron chi connectivity index (χ0n) is 3.76. The van der Waals surface area contributed by atoms with E-state index in [4.69, 9.17) is 5.26 Å². The van der Waals surface area contributed by atoms with Crippen LogP contribution in [0.2, 0.25) is 0 Å². The standard InChI is InChI=1S/C3H6NP.2ClH/c4-2-1-3-5;;/h1,3,5H2;2*1H. The highest BCUT2D eigenvalue weighted by Crippen LogP contribution is 1.81. The molecule has 0 aliphatic rings. The summed E-state index contributed by atoms with van der Waals surface area (Å²) in [7, 11) is 2.48. The predicted octanol–water partition coefficient (Wildman–Crippen LogP) is 1.62. The molecule has 0 rings (SSSR count). The first kappa shape index (κ1) is 15.6. The second-order valence-corrected chi connectivity index (χ2v) is 1.27. The van der Waals surface area contributed by atoms with Gasteiger partial charge in [0.2, 0.25) is 0 Å². The normalized spacial score (nSPS) is 4.57. The van der Waals surface area contributed by atoms with Gasteiger partial charge in [0.05, 0.1) is 6.07 Å². The summed E-state index contributed by atoms with van der Waals surface area (Å²) >= 11 is 0. The third kappa shape index (κ3) is 21.1. The molecule has 0 radical (unpaired) electrons. The number of nitrogens with zero attached hydrogens (tertiary/aromatic N) is 1. The topological polar surface area (TPSA) is 23.8 Å². The van der Waals surface area contributed by atoms with E-state index < -0.39 is 0 Å². The molecule has 0 bridgehead atoms. The van der Waals surface area contributed by atoms with E-state index in [2.05, 4.69) is 9.24 Å². The summed E-state index contributed by atoms with van der Waals surface area (Å²) in [5.41, 5.74) is 0. The van der Waals surface area contributed by atoms with Crippen LogP contribution in [0.4, 0.5) is 0 Å². The lowest BCUT2D eigenvalue weighted by Gasteiger charge is -1.66. The molecule has 0 spiro atoms. The molecular formula is C3H8Cl2NP. The molecular weight excluding hydrogens is 152 g/mol. The van der Waals surface area contributed by atoms with Crippen LogP contribution in [0, 0.1) is 11.3 Å². The Balaban J connectivity index is -0.0000000800. The molecule has 7 heavy (non-hydrogen) atoms. The summed E-state index contributed by atoms with van der Waals surface area (Å²) in [5, 5.41) is 7.80. The van der Waals surface area contributed by atoms with Crippen LogP contribution >= 0.6 is 34.1 Å². The summed E-state index contributed by atoms with van der Waals surface area (Å²) < 4.78 is 0. The van der Waals surface area contributed by atoms with Crippen molar-refractivity contribution in [3.05, 3.63) is 0 Å². The van der Waals surface area contributed by atoms with E-state index in [0.717, 1.165) is 6.16 Å². The van der Waals surface area contributed by atoms with Crippen molar-refractivity contribution in [1.82, 2.24) is 0 Å². The van der Waals surface area contributed by atoms with Crippen molar-refractivity contribution >= 4 is 34.1 Å². The average molecular weight is 160 g/mol. The number of hydrogen-bond donors (Lipinski definition) is 0. The maximum atomic E-state index is 7.80. The maximum absolute atomic E-state index is 7.80. The van der Waals surface area contributed by atoms with Crippen molar-refractivity contribution < 1.29 is 0 Å². The van der Waals surface area contributed by atoms with Crippen LogP contribution in [0.5, 0.6) is 0 Å². The Morgan fingerprint density at radius 1 is 1.43 bits per heavy atom. The van der Waals surface area contributed by atoms with Crippen LogP contribution in [0.25, 0.3) is 0 Å². The average Bonchev–Trinajstić information content (AvgIpc) is 1.41. The van der Waals surface area contributed by atoms with Gasteiger partial charge in [-0.25, -0.2) is 0 Å². The highest BCUT2D eigenvalue weighted by atomic mass is 35.5. The second kappa shape index (κ2) is 16.1. The Labute approximate surface area is 58.5 Å². The van der Waals surface area contributed by atoms with E-state index in [9.17, 15) is 0 Å². The largest absolute Gasteiger partial charge is 0.198 e. The highest BCUT2D eigenvalue weighted by molar-refractivity contribution is 7.16. The quantitative estimate of drug-likeness (QED) is 0.534. The van der Waals surface area contributed by atoms with Gasteiger partial charge in [0.15, 0.2) is 0 Å². The molecule has 0 aliphatic carbocycles. The molecule has 1 atom stereocenters. The first-order valence-electron chi connectivity index (χ1n) is 1.49. The minimum atomic E-state index is 0. The predicted molar refractivity (Wildman–Crippen MR) is 39.3 cm³/mol. The van der Waals surface area contributed by atoms with Crippen molar-refractivity contribution in [2.45, 2.75) is 6.42 Å². The van der Waals surface area contributed by atoms with Gasteiger partial charge in [-0.15, -0.1) is 34.1 Å². The zero-order chi connectivity index (χ0) is 4.12. The molecule has 0 aromatic carbocycles. The van der Waals surface area contributed by atoms with Gasteiger partial charge >= 0.3 is 0 Å². The number of nitriles is 1. The molecule has 0 fully saturated rings. The minimum Gasteiger partial charge on any atom is -0.198 e. The van der Waals surface area contributed by atoms with Gasteiger partial charge < -0.3 is 0 Å². The van der Waals surface area contributed by atoms with Crippen LogP contribution in [0.1, 0.15) is 6.42 Å². The van der Waals surface area contributed by atoms with E-state index in [-0.39, 0.29) is 24.8 Å². The van der Waals surface area contributed by atoms with Crippen molar-refractivity contribution in [2.75, 3.05) is 6.16 Å². The van der Waals surface area contributed by atoms with Gasteiger partial charge in [-0.05, 0) is 6.16 Å². The Morgan fingerprint density at radius 3 is 1.86 bits per heavy atom. The molecule has 0 saturated heterocycles. The smallest absolute Gasteiger partial charge is 0.0625 e. The van der Waals surface area contributed by atoms with Crippen molar-refractivity contribution in [3.63, 3.8) is 0 Å². The highest BCUT2D eigenvalue weighted by Gasteiger charge is 1.65.